The van der Waals surface area contributed by atoms with Crippen LogP contribution in [0.5, 0.6) is 5.75 Å². The molecule has 0 saturated carbocycles. The zero-order valence-corrected chi connectivity index (χ0v) is 15.4. The van der Waals surface area contributed by atoms with E-state index in [2.05, 4.69) is 10.1 Å². The molecule has 148 valence electrons. The highest BCUT2D eigenvalue weighted by atomic mass is 16.5. The Morgan fingerprint density at radius 1 is 1.22 bits per heavy atom. The maximum atomic E-state index is 11.9. The number of rotatable bonds is 10. The lowest BCUT2D eigenvalue weighted by Gasteiger charge is -2.18. The number of hydrogen-bond acceptors (Lipinski definition) is 7. The van der Waals surface area contributed by atoms with Crippen molar-refractivity contribution in [3.05, 3.63) is 42.0 Å². The number of unbranched alkanes of at least 4 members (excludes halogenated alkanes) is 1. The molecule has 27 heavy (non-hydrogen) atoms. The molecule has 2 atom stereocenters. The second-order valence-electron chi connectivity index (χ2n) is 5.67. The molecule has 2 unspecified atom stereocenters. The van der Waals surface area contributed by atoms with Crippen molar-refractivity contribution in [1.29, 1.82) is 0 Å². The molecule has 8 nitrogen and oxygen atoms in total. The van der Waals surface area contributed by atoms with Crippen LogP contribution in [-0.2, 0) is 19.1 Å². The molecule has 0 aliphatic heterocycles. The van der Waals surface area contributed by atoms with E-state index in [1.807, 2.05) is 19.1 Å². The van der Waals surface area contributed by atoms with Crippen molar-refractivity contribution in [2.45, 2.75) is 38.3 Å². The van der Waals surface area contributed by atoms with E-state index in [1.165, 1.54) is 24.3 Å². The molecule has 1 aromatic carbocycles. The zero-order valence-electron chi connectivity index (χ0n) is 15.4. The summed E-state index contributed by atoms with van der Waals surface area (Å²) < 4.78 is 9.86. The maximum absolute atomic E-state index is 11.9. The first-order valence-electron chi connectivity index (χ1n) is 8.51. The summed E-state index contributed by atoms with van der Waals surface area (Å²) in [5.74, 6) is -1.72. The van der Waals surface area contributed by atoms with Crippen LogP contribution in [0.2, 0.25) is 0 Å². The quantitative estimate of drug-likeness (QED) is 0.240. The molecular formula is C19H25NO7. The Kier molecular flexibility index (Phi) is 9.78. The maximum Gasteiger partial charge on any atom is 0.333 e. The normalized spacial score (nSPS) is 13.0. The highest BCUT2D eigenvalue weighted by molar-refractivity contribution is 5.87. The first kappa shape index (κ1) is 22.3. The minimum atomic E-state index is -1.65. The second-order valence-corrected chi connectivity index (χ2v) is 5.67. The van der Waals surface area contributed by atoms with Crippen LogP contribution < -0.4 is 10.1 Å². The average Bonchev–Trinajstić information content (AvgIpc) is 2.68. The zero-order chi connectivity index (χ0) is 20.2. The van der Waals surface area contributed by atoms with Crippen LogP contribution in [0.15, 0.2) is 36.4 Å². The topological polar surface area (TPSA) is 122 Å². The number of amides is 1. The van der Waals surface area contributed by atoms with Crippen molar-refractivity contribution in [3.63, 3.8) is 0 Å². The Bertz CT molecular complexity index is 655. The Hall–Kier alpha value is -2.71. The highest BCUT2D eigenvalue weighted by Crippen LogP contribution is 2.20. The Balaban J connectivity index is 2.75. The van der Waals surface area contributed by atoms with Gasteiger partial charge in [0.2, 0.25) is 0 Å². The van der Waals surface area contributed by atoms with Gasteiger partial charge >= 0.3 is 11.9 Å². The van der Waals surface area contributed by atoms with Crippen LogP contribution in [0, 0.1) is 0 Å². The number of aliphatic hydroxyl groups is 2. The highest BCUT2D eigenvalue weighted by Gasteiger charge is 2.26. The Labute approximate surface area is 157 Å². The van der Waals surface area contributed by atoms with Gasteiger partial charge in [0.05, 0.1) is 13.7 Å². The Morgan fingerprint density at radius 3 is 2.44 bits per heavy atom. The van der Waals surface area contributed by atoms with Crippen molar-refractivity contribution in [3.8, 4) is 5.75 Å². The number of esters is 2. The van der Waals surface area contributed by atoms with Crippen LogP contribution in [0.1, 0.15) is 37.8 Å². The molecular weight excluding hydrogens is 354 g/mol. The van der Waals surface area contributed by atoms with Gasteiger partial charge in [-0.05, 0) is 37.5 Å². The van der Waals surface area contributed by atoms with Crippen molar-refractivity contribution in [1.82, 2.24) is 5.32 Å². The smallest absolute Gasteiger partial charge is 0.333 e. The van der Waals surface area contributed by atoms with Gasteiger partial charge < -0.3 is 25.0 Å². The number of nitrogens with one attached hydrogen (secondary N) is 1. The summed E-state index contributed by atoms with van der Waals surface area (Å²) in [6, 6.07) is 4.80. The Morgan fingerprint density at radius 2 is 1.89 bits per heavy atom. The first-order valence-corrected chi connectivity index (χ1v) is 8.51. The van der Waals surface area contributed by atoms with Gasteiger partial charge in [0.15, 0.2) is 12.1 Å². The van der Waals surface area contributed by atoms with E-state index < -0.39 is 30.6 Å². The molecule has 0 aromatic heterocycles. The number of methoxy groups -OCH3 is 1. The number of hydrogen-bond donors (Lipinski definition) is 3. The van der Waals surface area contributed by atoms with Crippen molar-refractivity contribution < 1.29 is 34.1 Å². The third-order valence-corrected chi connectivity index (χ3v) is 3.63. The monoisotopic (exact) mass is 379 g/mol. The van der Waals surface area contributed by atoms with Crippen LogP contribution in [-0.4, -0.2) is 47.9 Å². The summed E-state index contributed by atoms with van der Waals surface area (Å²) in [6.45, 7) is 1.14. The molecule has 1 aromatic rings. The number of ether oxygens (including phenoxy) is 2. The molecule has 0 aliphatic carbocycles. The molecule has 0 aliphatic rings. The summed E-state index contributed by atoms with van der Waals surface area (Å²) in [4.78, 5) is 35.4. The minimum absolute atomic E-state index is 0.284. The van der Waals surface area contributed by atoms with Crippen molar-refractivity contribution in [2.24, 2.45) is 0 Å². The molecule has 0 radical (unpaired) electrons. The molecule has 1 amide bonds. The predicted molar refractivity (Wildman–Crippen MR) is 96.7 cm³/mol. The van der Waals surface area contributed by atoms with Crippen LogP contribution in [0.3, 0.4) is 0 Å². The molecule has 0 spiro atoms. The van der Waals surface area contributed by atoms with Gasteiger partial charge in [0.25, 0.3) is 5.91 Å². The fraction of sp³-hybridized carbons (Fsp3) is 0.421. The van der Waals surface area contributed by atoms with Crippen LogP contribution >= 0.6 is 0 Å². The fourth-order valence-electron chi connectivity index (χ4n) is 2.16. The van der Waals surface area contributed by atoms with E-state index in [0.717, 1.165) is 13.5 Å². The van der Waals surface area contributed by atoms with E-state index in [-0.39, 0.29) is 12.4 Å². The number of aliphatic hydroxyl groups excluding tert-OH is 2. The molecule has 0 bridgehead atoms. The average molecular weight is 379 g/mol. The van der Waals surface area contributed by atoms with Gasteiger partial charge in [0.1, 0.15) is 5.75 Å². The number of allylic oxidation sites excluding steroid dienone is 2. The largest absolute Gasteiger partial charge is 0.467 e. The third-order valence-electron chi connectivity index (χ3n) is 3.63. The minimum Gasteiger partial charge on any atom is -0.467 e. The summed E-state index contributed by atoms with van der Waals surface area (Å²) in [5.41, 5.74) is 0.369. The van der Waals surface area contributed by atoms with E-state index in [4.69, 9.17) is 9.84 Å². The third kappa shape index (κ3) is 7.59. The second kappa shape index (κ2) is 11.8. The van der Waals surface area contributed by atoms with Gasteiger partial charge in [-0.15, -0.1) is 0 Å². The van der Waals surface area contributed by atoms with Crippen LogP contribution in [0.4, 0.5) is 0 Å². The molecule has 0 heterocycles. The number of benzene rings is 1. The summed E-state index contributed by atoms with van der Waals surface area (Å²) in [7, 11) is 1.16. The molecule has 8 heteroatoms. The lowest BCUT2D eigenvalue weighted by Crippen LogP contribution is -2.42. The van der Waals surface area contributed by atoms with E-state index in [9.17, 15) is 19.5 Å². The fourth-order valence-corrected chi connectivity index (χ4v) is 2.16. The van der Waals surface area contributed by atoms with Gasteiger partial charge in [-0.2, -0.15) is 0 Å². The van der Waals surface area contributed by atoms with Crippen LogP contribution in [0.25, 0.3) is 0 Å². The van der Waals surface area contributed by atoms with Crippen molar-refractivity contribution in [2.75, 3.05) is 13.7 Å². The lowest BCUT2D eigenvalue weighted by atomic mass is 10.1. The first-order chi connectivity index (χ1) is 12.9. The molecule has 1 rings (SSSR count). The summed E-state index contributed by atoms with van der Waals surface area (Å²) >= 11 is 0. The number of carbonyl (C=O) groups is 3. The molecule has 0 fully saturated rings. The SMILES string of the molecule is C/C=C\CCCC(=O)Oc1ccc(C(NC(=O)C(O)CO)C(=O)OC)cc1. The number of carbonyl (C=O) groups excluding carboxylic acids is 3. The summed E-state index contributed by atoms with van der Waals surface area (Å²) in [6.07, 6.45) is 4.00. The van der Waals surface area contributed by atoms with Gasteiger partial charge in [-0.3, -0.25) is 9.59 Å². The molecule has 3 N–H and O–H groups in total. The van der Waals surface area contributed by atoms with E-state index in [0.29, 0.717) is 17.7 Å². The van der Waals surface area contributed by atoms with Gasteiger partial charge in [-0.1, -0.05) is 24.3 Å². The van der Waals surface area contributed by atoms with Gasteiger partial charge in [0, 0.05) is 6.42 Å². The van der Waals surface area contributed by atoms with Crippen molar-refractivity contribution >= 4 is 17.8 Å². The molecule has 0 saturated heterocycles. The standard InChI is InChI=1S/C19H25NO7/c1-3-4-5-6-7-16(23)27-14-10-8-13(9-11-14)17(19(25)26-2)20-18(24)15(22)12-21/h3-4,8-11,15,17,21-22H,5-7,12H2,1-2H3,(H,20,24)/b4-3-. The predicted octanol–water partition coefficient (Wildman–Crippen LogP) is 1.02. The lowest BCUT2D eigenvalue weighted by molar-refractivity contribution is -0.147. The van der Waals surface area contributed by atoms with E-state index >= 15 is 0 Å². The van der Waals surface area contributed by atoms with Gasteiger partial charge in [-0.25, -0.2) is 4.79 Å². The van der Waals surface area contributed by atoms with E-state index in [1.54, 1.807) is 0 Å². The summed E-state index contributed by atoms with van der Waals surface area (Å²) in [5, 5.41) is 20.5.